The fourth-order valence-electron chi connectivity index (χ4n) is 2.06. The predicted molar refractivity (Wildman–Crippen MR) is 74.6 cm³/mol. The van der Waals surface area contributed by atoms with Gasteiger partial charge in [-0.2, -0.15) is 0 Å². The number of hydrogen-bond donors (Lipinski definition) is 0. The fraction of sp³-hybridized carbons (Fsp3) is 0.188. The first-order valence-electron chi connectivity index (χ1n) is 6.56. The zero-order valence-corrected chi connectivity index (χ0v) is 11.8. The highest BCUT2D eigenvalue weighted by molar-refractivity contribution is 5.90. The highest BCUT2D eigenvalue weighted by atomic mass is 19.1. The number of hydrogen-bond acceptors (Lipinski definition) is 5. The minimum atomic E-state index is -0.519. The van der Waals surface area contributed by atoms with Crippen LogP contribution in [-0.2, 0) is 11.3 Å². The van der Waals surface area contributed by atoms with Crippen LogP contribution in [0.5, 0.6) is 17.2 Å². The second-order valence-electron chi connectivity index (χ2n) is 4.61. The molecule has 0 aromatic heterocycles. The number of carbonyl (C=O) groups is 1. The van der Waals surface area contributed by atoms with Crippen molar-refractivity contribution in [2.45, 2.75) is 6.61 Å². The van der Waals surface area contributed by atoms with E-state index in [0.29, 0.717) is 22.6 Å². The molecule has 1 heterocycles. The lowest BCUT2D eigenvalue weighted by molar-refractivity contribution is 0.0472. The van der Waals surface area contributed by atoms with Crippen molar-refractivity contribution < 1.29 is 28.1 Å². The second-order valence-corrected chi connectivity index (χ2v) is 4.61. The van der Waals surface area contributed by atoms with Crippen LogP contribution in [0, 0.1) is 5.82 Å². The zero-order chi connectivity index (χ0) is 15.5. The summed E-state index contributed by atoms with van der Waals surface area (Å²) in [6, 6.07) is 9.18. The number of benzene rings is 2. The van der Waals surface area contributed by atoms with E-state index in [1.807, 2.05) is 0 Å². The summed E-state index contributed by atoms with van der Waals surface area (Å²) in [5.74, 6) is 0.221. The van der Waals surface area contributed by atoms with Gasteiger partial charge >= 0.3 is 5.97 Å². The molecule has 5 nitrogen and oxygen atoms in total. The molecule has 0 spiro atoms. The van der Waals surface area contributed by atoms with Gasteiger partial charge in [0, 0.05) is 0 Å². The van der Waals surface area contributed by atoms with E-state index in [0.717, 1.165) is 0 Å². The summed E-state index contributed by atoms with van der Waals surface area (Å²) >= 11 is 0. The molecule has 3 rings (SSSR count). The van der Waals surface area contributed by atoms with Crippen molar-refractivity contribution in [1.82, 2.24) is 0 Å². The van der Waals surface area contributed by atoms with Gasteiger partial charge in [0.05, 0.1) is 12.7 Å². The third-order valence-corrected chi connectivity index (χ3v) is 3.19. The SMILES string of the molecule is COc1ccc(COC(=O)c2ccc3c(c2)OCO3)cc1F. The van der Waals surface area contributed by atoms with E-state index in [4.69, 9.17) is 18.9 Å². The number of esters is 1. The third-order valence-electron chi connectivity index (χ3n) is 3.19. The molecule has 1 aliphatic heterocycles. The van der Waals surface area contributed by atoms with Crippen LogP contribution < -0.4 is 14.2 Å². The van der Waals surface area contributed by atoms with Gasteiger partial charge in [0.25, 0.3) is 0 Å². The number of ether oxygens (including phenoxy) is 4. The maximum atomic E-state index is 13.6. The Morgan fingerprint density at radius 1 is 1.18 bits per heavy atom. The van der Waals surface area contributed by atoms with Gasteiger partial charge in [-0.15, -0.1) is 0 Å². The van der Waals surface area contributed by atoms with Gasteiger partial charge in [-0.3, -0.25) is 0 Å². The summed E-state index contributed by atoms with van der Waals surface area (Å²) in [5.41, 5.74) is 0.880. The molecule has 22 heavy (non-hydrogen) atoms. The van der Waals surface area contributed by atoms with Crippen molar-refractivity contribution in [3.8, 4) is 17.2 Å². The maximum absolute atomic E-state index is 13.6. The number of fused-ring (bicyclic) bond motifs is 1. The first kappa shape index (κ1) is 14.2. The van der Waals surface area contributed by atoms with Crippen LogP contribution in [0.2, 0.25) is 0 Å². The summed E-state index contributed by atoms with van der Waals surface area (Å²) < 4.78 is 33.9. The van der Waals surface area contributed by atoms with Crippen LogP contribution in [0.25, 0.3) is 0 Å². The Hall–Kier alpha value is -2.76. The molecule has 0 amide bonds. The average Bonchev–Trinajstić information content (AvgIpc) is 3.00. The lowest BCUT2D eigenvalue weighted by Gasteiger charge is -2.07. The number of methoxy groups -OCH3 is 1. The van der Waals surface area contributed by atoms with E-state index in [1.165, 1.54) is 19.2 Å². The van der Waals surface area contributed by atoms with Crippen molar-refractivity contribution in [2.75, 3.05) is 13.9 Å². The Kier molecular flexibility index (Phi) is 3.82. The molecule has 0 fully saturated rings. The highest BCUT2D eigenvalue weighted by Gasteiger charge is 2.17. The van der Waals surface area contributed by atoms with E-state index in [1.54, 1.807) is 24.3 Å². The largest absolute Gasteiger partial charge is 0.494 e. The van der Waals surface area contributed by atoms with Gasteiger partial charge in [0.2, 0.25) is 6.79 Å². The Morgan fingerprint density at radius 2 is 2.00 bits per heavy atom. The van der Waals surface area contributed by atoms with Gasteiger partial charge in [-0.05, 0) is 35.9 Å². The zero-order valence-electron chi connectivity index (χ0n) is 11.8. The van der Waals surface area contributed by atoms with Crippen molar-refractivity contribution in [2.24, 2.45) is 0 Å². The molecule has 0 aliphatic carbocycles. The van der Waals surface area contributed by atoms with Crippen LogP contribution in [0.15, 0.2) is 36.4 Å². The Labute approximate surface area is 126 Å². The maximum Gasteiger partial charge on any atom is 0.338 e. The van der Waals surface area contributed by atoms with E-state index in [9.17, 15) is 9.18 Å². The molecule has 0 saturated carbocycles. The fourth-order valence-corrected chi connectivity index (χ4v) is 2.06. The van der Waals surface area contributed by atoms with Gasteiger partial charge < -0.3 is 18.9 Å². The van der Waals surface area contributed by atoms with Crippen LogP contribution in [0.1, 0.15) is 15.9 Å². The van der Waals surface area contributed by atoms with Crippen LogP contribution in [-0.4, -0.2) is 19.9 Å². The lowest BCUT2D eigenvalue weighted by atomic mass is 10.2. The summed E-state index contributed by atoms with van der Waals surface area (Å²) in [6.45, 7) is 0.104. The molecule has 2 aromatic rings. The summed E-state index contributed by atoms with van der Waals surface area (Å²) in [7, 11) is 1.39. The molecular formula is C16H13FO5. The highest BCUT2D eigenvalue weighted by Crippen LogP contribution is 2.32. The molecule has 0 radical (unpaired) electrons. The van der Waals surface area contributed by atoms with Crippen molar-refractivity contribution in [3.05, 3.63) is 53.3 Å². The van der Waals surface area contributed by atoms with Gasteiger partial charge in [0.1, 0.15) is 6.61 Å². The molecule has 1 aliphatic rings. The number of rotatable bonds is 4. The normalized spacial score (nSPS) is 12.1. The monoisotopic (exact) mass is 304 g/mol. The van der Waals surface area contributed by atoms with E-state index in [2.05, 4.69) is 0 Å². The van der Waals surface area contributed by atoms with Crippen molar-refractivity contribution in [3.63, 3.8) is 0 Å². The Balaban J connectivity index is 1.66. The number of halogens is 1. The van der Waals surface area contributed by atoms with E-state index < -0.39 is 11.8 Å². The topological polar surface area (TPSA) is 54.0 Å². The molecule has 0 atom stereocenters. The Bertz CT molecular complexity index is 714. The third kappa shape index (κ3) is 2.81. The molecule has 0 saturated heterocycles. The van der Waals surface area contributed by atoms with Gasteiger partial charge in [-0.1, -0.05) is 6.07 Å². The van der Waals surface area contributed by atoms with Crippen LogP contribution >= 0.6 is 0 Å². The first-order chi connectivity index (χ1) is 10.7. The summed E-state index contributed by atoms with van der Waals surface area (Å²) in [6.07, 6.45) is 0. The van der Waals surface area contributed by atoms with E-state index in [-0.39, 0.29) is 19.1 Å². The summed E-state index contributed by atoms with van der Waals surface area (Å²) in [5, 5.41) is 0. The molecule has 0 N–H and O–H groups in total. The van der Waals surface area contributed by atoms with E-state index >= 15 is 0 Å². The molecule has 2 aromatic carbocycles. The first-order valence-corrected chi connectivity index (χ1v) is 6.56. The molecule has 114 valence electrons. The number of carbonyl (C=O) groups excluding carboxylic acids is 1. The summed E-state index contributed by atoms with van der Waals surface area (Å²) in [4.78, 5) is 12.0. The minimum Gasteiger partial charge on any atom is -0.494 e. The smallest absolute Gasteiger partial charge is 0.338 e. The predicted octanol–water partition coefficient (Wildman–Crippen LogP) is 2.92. The Morgan fingerprint density at radius 3 is 2.77 bits per heavy atom. The minimum absolute atomic E-state index is 0.0335. The second kappa shape index (κ2) is 5.93. The van der Waals surface area contributed by atoms with Gasteiger partial charge in [-0.25, -0.2) is 9.18 Å². The average molecular weight is 304 g/mol. The molecule has 6 heteroatoms. The van der Waals surface area contributed by atoms with Crippen LogP contribution in [0.3, 0.4) is 0 Å². The molecule has 0 unspecified atom stereocenters. The van der Waals surface area contributed by atoms with Crippen molar-refractivity contribution in [1.29, 1.82) is 0 Å². The molecule has 0 bridgehead atoms. The van der Waals surface area contributed by atoms with Crippen LogP contribution in [0.4, 0.5) is 4.39 Å². The van der Waals surface area contributed by atoms with Gasteiger partial charge in [0.15, 0.2) is 23.1 Å². The lowest BCUT2D eigenvalue weighted by Crippen LogP contribution is -2.05. The quantitative estimate of drug-likeness (QED) is 0.813. The van der Waals surface area contributed by atoms with Crippen molar-refractivity contribution >= 4 is 5.97 Å². The molecular weight excluding hydrogens is 291 g/mol. The standard InChI is InChI=1S/C16H13FO5/c1-19-13-4-2-10(6-12(13)17)8-20-16(18)11-3-5-14-15(7-11)22-9-21-14/h2-7H,8-9H2,1H3.